The Morgan fingerprint density at radius 2 is 1.40 bits per heavy atom. The van der Waals surface area contributed by atoms with Crippen LogP contribution in [0, 0.1) is 4.64 Å². The number of hydrogen-bond donors (Lipinski definition) is 3. The number of benzene rings is 2. The normalized spacial score (nSPS) is 22.8. The third-order valence-corrected chi connectivity index (χ3v) is 15.3. The third-order valence-electron chi connectivity index (χ3n) is 7.58. The van der Waals surface area contributed by atoms with Gasteiger partial charge in [-0.2, -0.15) is 0 Å². The number of halogens is 2. The van der Waals surface area contributed by atoms with Gasteiger partial charge in [-0.05, 0) is 42.7 Å². The van der Waals surface area contributed by atoms with Crippen LogP contribution in [0.1, 0.15) is 40.0 Å². The molecule has 25 heteroatoms. The van der Waals surface area contributed by atoms with Crippen LogP contribution in [0.25, 0.3) is 0 Å². The first-order valence-electron chi connectivity index (χ1n) is 13.3. The molecule has 2 aromatic carbocycles. The predicted octanol–water partition coefficient (Wildman–Crippen LogP) is -11.1. The Hall–Kier alpha value is 2.45. The summed E-state index contributed by atoms with van der Waals surface area (Å²) in [5.41, 5.74) is 3.60. The Morgan fingerprint density at radius 3 is 1.90 bits per heavy atom. The molecule has 3 N–H and O–H groups in total. The van der Waals surface area contributed by atoms with Gasteiger partial charge in [-0.15, -0.1) is 0 Å². The molecule has 0 radical (unpaired) electrons. The van der Waals surface area contributed by atoms with E-state index in [0.717, 1.165) is 39.7 Å². The maximum absolute atomic E-state index is 13.1. The van der Waals surface area contributed by atoms with Crippen molar-refractivity contribution in [3.63, 3.8) is 0 Å². The van der Waals surface area contributed by atoms with E-state index in [1.54, 1.807) is 0 Å². The summed E-state index contributed by atoms with van der Waals surface area (Å²) in [4.78, 5) is 62.1. The van der Waals surface area contributed by atoms with Crippen LogP contribution >= 0.6 is 58.4 Å². The molecule has 250 valence electrons. The zero-order valence-electron chi connectivity index (χ0n) is 27.0. The van der Waals surface area contributed by atoms with Crippen molar-refractivity contribution in [3.8, 4) is 0 Å². The number of ether oxygens (including phenoxy) is 1. The van der Waals surface area contributed by atoms with Crippen LogP contribution in [0.15, 0.2) is 59.5 Å². The number of hydrogen-bond acceptors (Lipinski definition) is 14. The average molecular weight is 847 g/mol. The number of aliphatic hydroxyl groups is 2. The van der Waals surface area contributed by atoms with Crippen LogP contribution in [-0.2, 0) is 40.1 Å². The molecule has 2 heterocycles. The SMILES string of the molecule is O=c1[nH]c(=S)c(C2c3ccccc3CCc3ccccc32)cn1[C@@H]1O[C@H](COP(=O)([O-])OP(=O)([O-])C(Cl)(Cl)P(=O)([O-])[O-])[C@@H](O)[C@H]1O.[Na+].[Na+].[Na+].[Na+]. The average Bonchev–Trinajstić information content (AvgIpc) is 3.14. The van der Waals surface area contributed by atoms with Crippen LogP contribution in [0.3, 0.4) is 0 Å². The quantitative estimate of drug-likeness (QED) is 0.0784. The second-order valence-corrected chi connectivity index (χ2v) is 18.7. The zero-order chi connectivity index (χ0) is 33.8. The summed E-state index contributed by atoms with van der Waals surface area (Å²) in [6, 6.07) is 15.4. The molecule has 0 saturated carbocycles. The standard InChI is InChI=1S/C25H27Cl2N2O13P3S.4Na/c26-25(27,43(33,34)35)44(36,37)42-45(38,39)40-12-18-20(30)21(31)23(41-18)29-11-17(22(46)28-24(29)32)19-15-7-3-1-5-13(15)9-10-14-6-2-4-8-16(14)19;;;;/h1-8,11,18-21,23,30-31H,9-10,12H2,(H,36,37)(H,38,39)(H,28,32,46)(H2,33,34,35);;;;/q;4*+1/p-4/t18-,20-,21-,23-;;;;/m1..../s1. The molecule has 1 saturated heterocycles. The Kier molecular flexibility index (Phi) is 19.9. The first-order chi connectivity index (χ1) is 21.3. The van der Waals surface area contributed by atoms with E-state index >= 15 is 0 Å². The molecule has 2 aliphatic rings. The molecule has 3 aromatic rings. The largest absolute Gasteiger partial charge is 1.00 e. The number of alkyl halides is 2. The van der Waals surface area contributed by atoms with E-state index in [0.29, 0.717) is 5.56 Å². The summed E-state index contributed by atoms with van der Waals surface area (Å²) in [5.74, 6) is -0.450. The molecule has 6 atom stereocenters. The summed E-state index contributed by atoms with van der Waals surface area (Å²) in [7, 11) is -18.8. The first kappa shape index (κ1) is 50.5. The Labute approximate surface area is 389 Å². The molecule has 0 spiro atoms. The number of aryl methyl sites for hydroxylation is 2. The molecule has 2 unspecified atom stereocenters. The molecule has 1 aromatic heterocycles. The van der Waals surface area contributed by atoms with Gasteiger partial charge in [0.05, 0.1) is 6.61 Å². The van der Waals surface area contributed by atoms with Crippen LogP contribution in [0.2, 0.25) is 0 Å². The summed E-state index contributed by atoms with van der Waals surface area (Å²) < 4.78 is 45.8. The van der Waals surface area contributed by atoms with Crippen molar-refractivity contribution >= 4 is 58.4 Å². The van der Waals surface area contributed by atoms with E-state index in [9.17, 15) is 48.3 Å². The monoisotopic (exact) mass is 846 g/mol. The van der Waals surface area contributed by atoms with Gasteiger partial charge in [0.2, 0.25) is 3.82 Å². The van der Waals surface area contributed by atoms with Crippen LogP contribution in [0.5, 0.6) is 0 Å². The first-order valence-corrected chi connectivity index (χ1v) is 19.0. The number of rotatable bonds is 9. The second-order valence-electron chi connectivity index (χ2n) is 10.5. The molecular weight excluding hydrogens is 824 g/mol. The van der Waals surface area contributed by atoms with E-state index in [2.05, 4.69) is 13.8 Å². The molecule has 15 nitrogen and oxygen atoms in total. The smallest absolute Gasteiger partial charge is 0.808 e. The maximum atomic E-state index is 13.1. The van der Waals surface area contributed by atoms with E-state index in [4.69, 9.17) is 40.2 Å². The molecule has 1 fully saturated rings. The van der Waals surface area contributed by atoms with E-state index in [1.807, 2.05) is 48.5 Å². The van der Waals surface area contributed by atoms with Gasteiger partial charge in [0, 0.05) is 17.7 Å². The summed E-state index contributed by atoms with van der Waals surface area (Å²) in [6.45, 7) is -1.20. The van der Waals surface area contributed by atoms with E-state index in [-0.39, 0.29) is 123 Å². The minimum Gasteiger partial charge on any atom is -0.808 e. The fraction of sp³-hybridized carbons (Fsp3) is 0.360. The van der Waals surface area contributed by atoms with Gasteiger partial charge in [-0.3, -0.25) is 18.4 Å². The number of aromatic amines is 1. The van der Waals surface area contributed by atoms with Crippen molar-refractivity contribution in [2.75, 3.05) is 6.61 Å². The van der Waals surface area contributed by atoms with Gasteiger partial charge >= 0.3 is 124 Å². The number of nitrogens with one attached hydrogen (secondary N) is 1. The number of nitrogens with zero attached hydrogens (tertiary/aromatic N) is 1. The minimum absolute atomic E-state index is 0. The van der Waals surface area contributed by atoms with E-state index in [1.165, 1.54) is 6.20 Å². The predicted molar refractivity (Wildman–Crippen MR) is 157 cm³/mol. The van der Waals surface area contributed by atoms with Gasteiger partial charge in [0.15, 0.2) is 13.8 Å². The molecule has 0 bridgehead atoms. The Bertz CT molecular complexity index is 1890. The summed E-state index contributed by atoms with van der Waals surface area (Å²) in [6.07, 6.45) is -4.22. The topological polar surface area (TPSA) is 249 Å². The number of H-pyrrole nitrogens is 1. The maximum Gasteiger partial charge on any atom is 1.00 e. The summed E-state index contributed by atoms with van der Waals surface area (Å²) in [5, 5.41) is 21.4. The fourth-order valence-electron chi connectivity index (χ4n) is 5.37. The number of aliphatic hydroxyl groups excluding tert-OH is 2. The minimum atomic E-state index is -6.39. The molecular formula is C25H23Cl2N2Na4O13P3S. The molecule has 50 heavy (non-hydrogen) atoms. The molecule has 0 amide bonds. The van der Waals surface area contributed by atoms with Crippen LogP contribution in [0.4, 0.5) is 0 Å². The molecule has 5 rings (SSSR count). The van der Waals surface area contributed by atoms with Crippen molar-refractivity contribution in [3.05, 3.63) is 97.7 Å². The van der Waals surface area contributed by atoms with Crippen molar-refractivity contribution in [1.29, 1.82) is 0 Å². The van der Waals surface area contributed by atoms with Crippen molar-refractivity contribution < 1.29 is 175 Å². The van der Waals surface area contributed by atoms with Crippen molar-refractivity contribution in [2.24, 2.45) is 0 Å². The van der Waals surface area contributed by atoms with Gasteiger partial charge in [0.25, 0.3) is 7.82 Å². The van der Waals surface area contributed by atoms with Gasteiger partial charge < -0.3 is 48.2 Å². The Morgan fingerprint density at radius 1 is 0.900 bits per heavy atom. The zero-order valence-corrected chi connectivity index (χ0v) is 40.1. The second kappa shape index (κ2) is 19.7. The van der Waals surface area contributed by atoms with Gasteiger partial charge in [-0.1, -0.05) is 84.0 Å². The fourth-order valence-corrected chi connectivity index (χ4v) is 9.68. The number of fused-ring (bicyclic) bond motifs is 2. The van der Waals surface area contributed by atoms with Crippen molar-refractivity contribution in [1.82, 2.24) is 9.55 Å². The van der Waals surface area contributed by atoms with Crippen molar-refractivity contribution in [2.45, 2.75) is 47.1 Å². The number of phosphoric acid groups is 1. The molecule has 1 aliphatic carbocycles. The van der Waals surface area contributed by atoms with Gasteiger partial charge in [0.1, 0.15) is 23.0 Å². The van der Waals surface area contributed by atoms with E-state index < -0.39 is 69.6 Å². The van der Waals surface area contributed by atoms with Crippen LogP contribution < -0.4 is 143 Å². The number of aromatic nitrogens is 2. The third kappa shape index (κ3) is 10.7. The van der Waals surface area contributed by atoms with Crippen LogP contribution in [-0.4, -0.2) is 48.5 Å². The molecule has 1 aliphatic heterocycles. The Balaban J connectivity index is 0.00000312. The summed E-state index contributed by atoms with van der Waals surface area (Å²) >= 11 is 15.7. The number of phosphoric ester groups is 1. The van der Waals surface area contributed by atoms with Gasteiger partial charge in [-0.25, -0.2) is 4.79 Å².